The van der Waals surface area contributed by atoms with Crippen LogP contribution in [0, 0.1) is 34.9 Å². The van der Waals surface area contributed by atoms with Gasteiger partial charge in [0.15, 0.2) is 0 Å². The fourth-order valence-corrected chi connectivity index (χ4v) is 10.4. The number of carbonyl (C=O) groups is 1. The topological polar surface area (TPSA) is 26.3 Å². The van der Waals surface area contributed by atoms with Crippen LogP contribution >= 0.6 is 0 Å². The zero-order valence-corrected chi connectivity index (χ0v) is 16.0. The maximum absolute atomic E-state index is 13.9. The maximum atomic E-state index is 13.9. The Hall–Kier alpha value is -1.59. The van der Waals surface area contributed by atoms with Gasteiger partial charge in [-0.15, -0.1) is 0 Å². The summed E-state index contributed by atoms with van der Waals surface area (Å²) in [6.45, 7) is 0.947. The zero-order chi connectivity index (χ0) is 17.3. The van der Waals surface area contributed by atoms with Crippen LogP contribution in [0.15, 0.2) is 24.3 Å². The van der Waals surface area contributed by atoms with E-state index in [9.17, 15) is 31.1 Å². The Labute approximate surface area is 135 Å². The summed E-state index contributed by atoms with van der Waals surface area (Å²) in [6.07, 6.45) is 0. The van der Waals surface area contributed by atoms with Crippen molar-refractivity contribution in [2.75, 3.05) is 0 Å². The molecule has 2 aromatic carbocycles. The second-order valence-electron chi connectivity index (χ2n) is 4.57. The van der Waals surface area contributed by atoms with Gasteiger partial charge in [0, 0.05) is 0 Å². The third-order valence-corrected chi connectivity index (χ3v) is 13.0. The van der Waals surface area contributed by atoms with Gasteiger partial charge in [0.2, 0.25) is 0 Å². The second kappa shape index (κ2) is 6.89. The molecule has 0 atom stereocenters. The monoisotopic (exact) mass is 526 g/mol. The Kier molecular flexibility index (Phi) is 5.32. The van der Waals surface area contributed by atoms with Gasteiger partial charge in [-0.3, -0.25) is 0 Å². The van der Waals surface area contributed by atoms with Gasteiger partial charge < -0.3 is 0 Å². The number of hydrogen-bond donors (Lipinski definition) is 0. The van der Waals surface area contributed by atoms with E-state index in [-0.39, 0.29) is 12.1 Å². The van der Waals surface area contributed by atoms with Crippen LogP contribution in [0.2, 0.25) is 0 Å². The van der Waals surface area contributed by atoms with Crippen LogP contribution in [0.25, 0.3) is 0 Å². The first kappa shape index (κ1) is 17.8. The minimum absolute atomic E-state index is 0.221. The summed E-state index contributed by atoms with van der Waals surface area (Å²) < 4.78 is 84.3. The van der Waals surface area contributed by atoms with Crippen molar-refractivity contribution in [1.29, 1.82) is 0 Å². The first-order valence-corrected chi connectivity index (χ1v) is 12.5. The number of carbonyl (C=O) groups excluding carboxylic acids is 1. The van der Waals surface area contributed by atoms with E-state index in [2.05, 4.69) is 0 Å². The summed E-state index contributed by atoms with van der Waals surface area (Å²) in [7, 11) is 0. The molecule has 0 radical (unpaired) electrons. The van der Waals surface area contributed by atoms with Crippen molar-refractivity contribution in [3.05, 3.63) is 59.2 Å². The third kappa shape index (κ3) is 3.85. The van der Waals surface area contributed by atoms with E-state index >= 15 is 0 Å². The van der Waals surface area contributed by atoms with Crippen LogP contribution in [-0.2, 0) is 7.48 Å². The number of benzene rings is 2. The Morgan fingerprint density at radius 2 is 1.09 bits per heavy atom. The first-order valence-electron chi connectivity index (χ1n) is 6.16. The van der Waals surface area contributed by atoms with Crippen molar-refractivity contribution in [2.45, 2.75) is 6.92 Å². The van der Waals surface area contributed by atoms with Gasteiger partial charge >= 0.3 is 135 Å². The Balaban J connectivity index is 2.65. The molecule has 0 aromatic heterocycles. The summed E-state index contributed by atoms with van der Waals surface area (Å²) >= 11 is -4.60. The van der Waals surface area contributed by atoms with Crippen molar-refractivity contribution in [3.8, 4) is 0 Å². The Bertz CT molecular complexity index is 723. The van der Waals surface area contributed by atoms with Crippen LogP contribution in [-0.4, -0.2) is 29.1 Å². The minimum atomic E-state index is -4.60. The Morgan fingerprint density at radius 1 is 0.739 bits per heavy atom. The first-order chi connectivity index (χ1) is 10.7. The molecule has 120 valence electrons. The molecule has 0 aliphatic heterocycles. The molecule has 0 saturated heterocycles. The molecule has 23 heavy (non-hydrogen) atoms. The van der Waals surface area contributed by atoms with Gasteiger partial charge in [0.05, 0.1) is 0 Å². The van der Waals surface area contributed by atoms with Crippen LogP contribution in [0.4, 0.5) is 26.3 Å². The van der Waals surface area contributed by atoms with E-state index in [1.807, 2.05) is 0 Å². The van der Waals surface area contributed by atoms with Crippen molar-refractivity contribution < 1.29 is 33.8 Å². The second-order valence-corrected chi connectivity index (χ2v) is 13.3. The predicted octanol–water partition coefficient (Wildman–Crippen LogP) is 2.19. The normalized spacial score (nSPS) is 10.6. The molecule has 9 heteroatoms. The molecule has 0 aliphatic rings. The Morgan fingerprint density at radius 3 is 1.43 bits per heavy atom. The SMILES string of the molecule is CC(=O)[O][Tl]([c]1cc(F)c(F)cc1F)[c]1cc(F)c(F)cc1F. The van der Waals surface area contributed by atoms with Crippen molar-refractivity contribution >= 4 is 35.4 Å². The molecule has 2 aromatic rings. The average molecular weight is 526 g/mol. The molecule has 0 bridgehead atoms. The molecule has 2 nitrogen and oxygen atoms in total. The third-order valence-electron chi connectivity index (χ3n) is 2.93. The van der Waals surface area contributed by atoms with Gasteiger partial charge in [-0.2, -0.15) is 0 Å². The van der Waals surface area contributed by atoms with Crippen molar-refractivity contribution in [1.82, 2.24) is 0 Å². The number of rotatable bonds is 3. The van der Waals surface area contributed by atoms with E-state index in [4.69, 9.17) is 2.69 Å². The van der Waals surface area contributed by atoms with Gasteiger partial charge in [0.1, 0.15) is 0 Å². The van der Waals surface area contributed by atoms with Crippen LogP contribution < -0.4 is 6.25 Å². The van der Waals surface area contributed by atoms with Crippen molar-refractivity contribution in [3.63, 3.8) is 0 Å². The van der Waals surface area contributed by atoms with E-state index in [1.165, 1.54) is 0 Å². The molecule has 0 aliphatic carbocycles. The summed E-state index contributed by atoms with van der Waals surface area (Å²) in [5.41, 5.74) is 0. The molecule has 0 heterocycles. The van der Waals surface area contributed by atoms with E-state index in [0.717, 1.165) is 6.92 Å². The quantitative estimate of drug-likeness (QED) is 0.349. The number of hydrogen-bond acceptors (Lipinski definition) is 2. The fraction of sp³-hybridized carbons (Fsp3) is 0.0714. The molecular formula is C14H7F6O2Tl. The molecule has 0 amide bonds. The van der Waals surface area contributed by atoms with Gasteiger partial charge in [-0.05, 0) is 0 Å². The van der Waals surface area contributed by atoms with E-state index in [1.54, 1.807) is 0 Å². The zero-order valence-electron chi connectivity index (χ0n) is 11.5. The summed E-state index contributed by atoms with van der Waals surface area (Å²) in [5.74, 6) is -9.24. The molecule has 0 fully saturated rings. The van der Waals surface area contributed by atoms with Gasteiger partial charge in [-0.25, -0.2) is 0 Å². The molecule has 0 saturated carbocycles. The standard InChI is InChI=1S/2C6H2F3.C2H4O2.Tl/c2*7-4-1-2-5(8)6(9)3-4;1-2(3)4;/h2*2-3H;1H3,(H,3,4);/q;;;+1/p-1. The van der Waals surface area contributed by atoms with Gasteiger partial charge in [0.25, 0.3) is 0 Å². The summed E-state index contributed by atoms with van der Waals surface area (Å²) in [6, 6.07) is 1.33. The molecule has 0 unspecified atom stereocenters. The number of halogens is 6. The molecule has 0 spiro atoms. The summed E-state index contributed by atoms with van der Waals surface area (Å²) in [5, 5.41) is 0. The van der Waals surface area contributed by atoms with Crippen LogP contribution in [0.3, 0.4) is 0 Å². The average Bonchev–Trinajstić information content (AvgIpc) is 2.44. The van der Waals surface area contributed by atoms with E-state index in [0.29, 0.717) is 12.1 Å². The van der Waals surface area contributed by atoms with Gasteiger partial charge in [-0.1, -0.05) is 0 Å². The van der Waals surface area contributed by atoms with Crippen LogP contribution in [0.5, 0.6) is 0 Å². The van der Waals surface area contributed by atoms with E-state index < -0.39 is 70.3 Å². The summed E-state index contributed by atoms with van der Waals surface area (Å²) in [4.78, 5) is 11.2. The molecular weight excluding hydrogens is 519 g/mol. The molecule has 0 N–H and O–H groups in total. The van der Waals surface area contributed by atoms with Crippen LogP contribution in [0.1, 0.15) is 6.92 Å². The van der Waals surface area contributed by atoms with Crippen molar-refractivity contribution in [2.24, 2.45) is 0 Å². The predicted molar refractivity (Wildman–Crippen MR) is 69.4 cm³/mol. The fourth-order valence-electron chi connectivity index (χ4n) is 1.94. The molecule has 2 rings (SSSR count).